The van der Waals surface area contributed by atoms with Gasteiger partial charge < -0.3 is 19.3 Å². The maximum atomic E-state index is 11.2. The smallest absolute Gasteiger partial charge is 0.337 e. The highest BCUT2D eigenvalue weighted by atomic mass is 35.5. The molecule has 0 saturated carbocycles. The van der Waals surface area contributed by atoms with Crippen molar-refractivity contribution in [2.75, 3.05) is 14.2 Å². The Labute approximate surface area is 167 Å². The SMILES string of the molecule is COC(=O)c1ccc(O)c(Cl)c1.COC(=O)c1ccc(OC(C)C)c(Cl)c1. The zero-order valence-corrected chi connectivity index (χ0v) is 16.8. The molecule has 0 aromatic heterocycles. The molecular formula is C19H20Cl2O6. The summed E-state index contributed by atoms with van der Waals surface area (Å²) in [5.74, 6) is -0.367. The van der Waals surface area contributed by atoms with Gasteiger partial charge in [0.05, 0.1) is 41.5 Å². The second-order valence-electron chi connectivity index (χ2n) is 5.46. The van der Waals surface area contributed by atoms with E-state index in [1.54, 1.807) is 12.1 Å². The van der Waals surface area contributed by atoms with E-state index in [4.69, 9.17) is 33.0 Å². The number of carbonyl (C=O) groups is 2. The van der Waals surface area contributed by atoms with E-state index in [-0.39, 0.29) is 16.9 Å². The van der Waals surface area contributed by atoms with Gasteiger partial charge in [0.1, 0.15) is 11.5 Å². The molecule has 0 fully saturated rings. The summed E-state index contributed by atoms with van der Waals surface area (Å²) in [5, 5.41) is 9.56. The predicted molar refractivity (Wildman–Crippen MR) is 103 cm³/mol. The van der Waals surface area contributed by atoms with Gasteiger partial charge in [0.15, 0.2) is 0 Å². The van der Waals surface area contributed by atoms with Crippen molar-refractivity contribution in [1.82, 2.24) is 0 Å². The van der Waals surface area contributed by atoms with E-state index in [9.17, 15) is 9.59 Å². The van der Waals surface area contributed by atoms with Crippen LogP contribution in [0.2, 0.25) is 10.0 Å². The third-order valence-electron chi connectivity index (χ3n) is 3.08. The van der Waals surface area contributed by atoms with Crippen LogP contribution in [0.15, 0.2) is 36.4 Å². The molecule has 0 unspecified atom stereocenters. The van der Waals surface area contributed by atoms with Crippen LogP contribution in [0.25, 0.3) is 0 Å². The van der Waals surface area contributed by atoms with Gasteiger partial charge in [0.25, 0.3) is 0 Å². The quantitative estimate of drug-likeness (QED) is 0.726. The van der Waals surface area contributed by atoms with Crippen LogP contribution in [-0.4, -0.2) is 37.4 Å². The van der Waals surface area contributed by atoms with E-state index in [1.165, 1.54) is 38.5 Å². The van der Waals surface area contributed by atoms with E-state index in [2.05, 4.69) is 9.47 Å². The highest BCUT2D eigenvalue weighted by molar-refractivity contribution is 6.32. The molecule has 2 aromatic carbocycles. The molecule has 0 heterocycles. The number of esters is 2. The fourth-order valence-electron chi connectivity index (χ4n) is 1.85. The number of ether oxygens (including phenoxy) is 3. The van der Waals surface area contributed by atoms with Crippen molar-refractivity contribution in [3.8, 4) is 11.5 Å². The third-order valence-corrected chi connectivity index (χ3v) is 3.68. The molecule has 0 spiro atoms. The Bertz CT molecular complexity index is 805. The summed E-state index contributed by atoms with van der Waals surface area (Å²) in [5.41, 5.74) is 0.735. The van der Waals surface area contributed by atoms with Crippen LogP contribution in [0, 0.1) is 0 Å². The van der Waals surface area contributed by atoms with Gasteiger partial charge >= 0.3 is 11.9 Å². The molecule has 0 saturated heterocycles. The molecule has 0 atom stereocenters. The number of phenols is 1. The van der Waals surface area contributed by atoms with Crippen LogP contribution < -0.4 is 4.74 Å². The number of halogens is 2. The lowest BCUT2D eigenvalue weighted by Crippen LogP contribution is -2.07. The molecule has 0 aliphatic heterocycles. The summed E-state index contributed by atoms with van der Waals surface area (Å²) in [4.78, 5) is 22.1. The van der Waals surface area contributed by atoms with E-state index < -0.39 is 11.9 Å². The highest BCUT2D eigenvalue weighted by Gasteiger charge is 2.10. The second kappa shape index (κ2) is 10.6. The first kappa shape index (κ1) is 22.6. The Kier molecular flexibility index (Phi) is 8.91. The molecule has 0 radical (unpaired) electrons. The van der Waals surface area contributed by atoms with Gasteiger partial charge in [-0.25, -0.2) is 9.59 Å². The second-order valence-corrected chi connectivity index (χ2v) is 6.28. The van der Waals surface area contributed by atoms with Crippen molar-refractivity contribution >= 4 is 35.1 Å². The van der Waals surface area contributed by atoms with Crippen LogP contribution in [0.5, 0.6) is 11.5 Å². The Balaban J connectivity index is 0.000000277. The molecule has 27 heavy (non-hydrogen) atoms. The largest absolute Gasteiger partial charge is 0.506 e. The van der Waals surface area contributed by atoms with Gasteiger partial charge in [-0.1, -0.05) is 23.2 Å². The zero-order chi connectivity index (χ0) is 20.6. The molecule has 0 amide bonds. The number of hydrogen-bond acceptors (Lipinski definition) is 6. The maximum Gasteiger partial charge on any atom is 0.337 e. The molecule has 8 heteroatoms. The summed E-state index contributed by atoms with van der Waals surface area (Å²) in [6, 6.07) is 8.94. The van der Waals surface area contributed by atoms with Crippen molar-refractivity contribution in [3.05, 3.63) is 57.6 Å². The summed E-state index contributed by atoms with van der Waals surface area (Å²) < 4.78 is 14.5. The monoisotopic (exact) mass is 414 g/mol. The molecular weight excluding hydrogens is 395 g/mol. The minimum Gasteiger partial charge on any atom is -0.506 e. The summed E-state index contributed by atoms with van der Waals surface area (Å²) in [6.07, 6.45) is 0.0477. The molecule has 1 N–H and O–H groups in total. The fourth-order valence-corrected chi connectivity index (χ4v) is 2.25. The molecule has 146 valence electrons. The lowest BCUT2D eigenvalue weighted by atomic mass is 10.2. The molecule has 6 nitrogen and oxygen atoms in total. The van der Waals surface area contributed by atoms with Gasteiger partial charge in [-0.2, -0.15) is 0 Å². The zero-order valence-electron chi connectivity index (χ0n) is 15.3. The Hall–Kier alpha value is -2.44. The molecule has 2 aromatic rings. The van der Waals surface area contributed by atoms with E-state index in [0.29, 0.717) is 21.9 Å². The van der Waals surface area contributed by atoms with Crippen LogP contribution >= 0.6 is 23.2 Å². The molecule has 2 rings (SSSR count). The van der Waals surface area contributed by atoms with Gasteiger partial charge in [-0.15, -0.1) is 0 Å². The molecule has 0 aliphatic carbocycles. The van der Waals surface area contributed by atoms with Crippen molar-refractivity contribution in [2.24, 2.45) is 0 Å². The summed E-state index contributed by atoms with van der Waals surface area (Å²) in [6.45, 7) is 3.81. The van der Waals surface area contributed by atoms with Crippen molar-refractivity contribution in [2.45, 2.75) is 20.0 Å². The molecule has 0 bridgehead atoms. The van der Waals surface area contributed by atoms with Crippen LogP contribution in [0.3, 0.4) is 0 Å². The van der Waals surface area contributed by atoms with E-state index >= 15 is 0 Å². The van der Waals surface area contributed by atoms with Gasteiger partial charge in [-0.3, -0.25) is 0 Å². The lowest BCUT2D eigenvalue weighted by molar-refractivity contribution is 0.0591. The fraction of sp³-hybridized carbons (Fsp3) is 0.263. The number of hydrogen-bond donors (Lipinski definition) is 1. The number of carbonyl (C=O) groups excluding carboxylic acids is 2. The van der Waals surface area contributed by atoms with E-state index in [0.717, 1.165) is 0 Å². The van der Waals surface area contributed by atoms with Gasteiger partial charge in [0.2, 0.25) is 0 Å². The van der Waals surface area contributed by atoms with E-state index in [1.807, 2.05) is 13.8 Å². The first-order valence-electron chi connectivity index (χ1n) is 7.81. The minimum absolute atomic E-state index is 0.0477. The number of methoxy groups -OCH3 is 2. The minimum atomic E-state index is -0.475. The van der Waals surface area contributed by atoms with Crippen LogP contribution in [-0.2, 0) is 9.47 Å². The number of rotatable bonds is 4. The average Bonchev–Trinajstić information content (AvgIpc) is 2.64. The molecule has 0 aliphatic rings. The summed E-state index contributed by atoms with van der Waals surface area (Å²) >= 11 is 11.5. The van der Waals surface area contributed by atoms with Gasteiger partial charge in [0, 0.05) is 0 Å². The van der Waals surface area contributed by atoms with Crippen LogP contribution in [0.4, 0.5) is 0 Å². The van der Waals surface area contributed by atoms with Crippen molar-refractivity contribution in [1.29, 1.82) is 0 Å². The predicted octanol–water partition coefficient (Wildman–Crippen LogP) is 4.75. The normalized spacial score (nSPS) is 9.89. The summed E-state index contributed by atoms with van der Waals surface area (Å²) in [7, 11) is 2.61. The topological polar surface area (TPSA) is 82.1 Å². The lowest BCUT2D eigenvalue weighted by Gasteiger charge is -2.11. The number of benzene rings is 2. The van der Waals surface area contributed by atoms with Crippen LogP contribution in [0.1, 0.15) is 34.6 Å². The maximum absolute atomic E-state index is 11.2. The van der Waals surface area contributed by atoms with Crippen molar-refractivity contribution < 1.29 is 28.9 Å². The highest BCUT2D eigenvalue weighted by Crippen LogP contribution is 2.26. The number of phenolic OH excluding ortho intramolecular Hbond substituents is 1. The Morgan fingerprint density at radius 3 is 1.78 bits per heavy atom. The average molecular weight is 415 g/mol. The first-order chi connectivity index (χ1) is 12.7. The Morgan fingerprint density at radius 1 is 0.889 bits per heavy atom. The number of aromatic hydroxyl groups is 1. The standard InChI is InChI=1S/C11H13ClO3.C8H7ClO3/c1-7(2)15-10-5-4-8(6-9(10)12)11(13)14-3;1-12-8(11)5-2-3-7(10)6(9)4-5/h4-7H,1-3H3;2-4,10H,1H3. The van der Waals surface area contributed by atoms with Crippen molar-refractivity contribution in [3.63, 3.8) is 0 Å². The third kappa shape index (κ3) is 7.00. The first-order valence-corrected chi connectivity index (χ1v) is 8.56. The van der Waals surface area contributed by atoms with Gasteiger partial charge in [-0.05, 0) is 50.2 Å². The Morgan fingerprint density at radius 2 is 1.37 bits per heavy atom.